The molecule has 0 bridgehead atoms. The van der Waals surface area contributed by atoms with Gasteiger partial charge in [-0.2, -0.15) is 0 Å². The lowest BCUT2D eigenvalue weighted by Gasteiger charge is -2.18. The predicted octanol–water partition coefficient (Wildman–Crippen LogP) is 2.38. The number of anilines is 1. The van der Waals surface area contributed by atoms with Crippen molar-refractivity contribution in [3.8, 4) is 0 Å². The Bertz CT molecular complexity index is 468. The fourth-order valence-corrected chi connectivity index (χ4v) is 2.38. The van der Waals surface area contributed by atoms with Gasteiger partial charge in [-0.1, -0.05) is 13.8 Å². The van der Waals surface area contributed by atoms with E-state index in [1.54, 1.807) is 4.90 Å². The number of rotatable bonds is 3. The lowest BCUT2D eigenvalue weighted by molar-refractivity contribution is 0.0785. The zero-order valence-corrected chi connectivity index (χ0v) is 11.6. The number of pyridine rings is 1. The van der Waals surface area contributed by atoms with Gasteiger partial charge in [0, 0.05) is 19.6 Å². The van der Waals surface area contributed by atoms with E-state index in [-0.39, 0.29) is 5.91 Å². The van der Waals surface area contributed by atoms with Crippen LogP contribution in [0.2, 0.25) is 0 Å². The number of hydrogen-bond acceptors (Lipinski definition) is 3. The van der Waals surface area contributed by atoms with Crippen molar-refractivity contribution < 1.29 is 9.18 Å². The summed E-state index contributed by atoms with van der Waals surface area (Å²) in [5.41, 5.74) is 0.322. The minimum Gasteiger partial charge on any atom is -0.370 e. The summed E-state index contributed by atoms with van der Waals surface area (Å²) in [6, 6.07) is 1.26. The fourth-order valence-electron chi connectivity index (χ4n) is 2.38. The highest BCUT2D eigenvalue weighted by Crippen LogP contribution is 2.25. The van der Waals surface area contributed by atoms with Crippen LogP contribution in [0.25, 0.3) is 0 Å². The number of hydrogen-bond donors (Lipinski definition) is 1. The average Bonchev–Trinajstić information content (AvgIpc) is 2.71. The molecule has 1 fully saturated rings. The Balaban J connectivity index is 2.25. The molecule has 5 heteroatoms. The van der Waals surface area contributed by atoms with E-state index in [4.69, 9.17) is 0 Å². The molecule has 0 aromatic carbocycles. The van der Waals surface area contributed by atoms with Gasteiger partial charge in [-0.15, -0.1) is 0 Å². The SMILES string of the molecule is CCNc1ncc(F)cc1C(=O)N1CC(C)C(C)C1. The summed E-state index contributed by atoms with van der Waals surface area (Å²) in [6.07, 6.45) is 1.13. The first-order valence-electron chi connectivity index (χ1n) is 6.71. The van der Waals surface area contributed by atoms with Crippen molar-refractivity contribution in [1.29, 1.82) is 0 Å². The van der Waals surface area contributed by atoms with Crippen molar-refractivity contribution in [2.75, 3.05) is 25.0 Å². The maximum absolute atomic E-state index is 13.3. The Hall–Kier alpha value is -1.65. The number of nitrogens with zero attached hydrogens (tertiary/aromatic N) is 2. The standard InChI is InChI=1S/C14H20FN3O/c1-4-16-13-12(5-11(15)6-17-13)14(19)18-7-9(2)10(3)8-18/h5-6,9-10H,4,7-8H2,1-3H3,(H,16,17). The van der Waals surface area contributed by atoms with E-state index in [2.05, 4.69) is 24.1 Å². The molecule has 1 amide bonds. The van der Waals surface area contributed by atoms with Crippen LogP contribution in [0.1, 0.15) is 31.1 Å². The van der Waals surface area contributed by atoms with Crippen LogP contribution in [0.3, 0.4) is 0 Å². The number of amides is 1. The molecule has 1 aromatic heterocycles. The van der Waals surface area contributed by atoms with Gasteiger partial charge in [0.1, 0.15) is 11.6 Å². The van der Waals surface area contributed by atoms with Crippen molar-refractivity contribution in [2.45, 2.75) is 20.8 Å². The van der Waals surface area contributed by atoms with Gasteiger partial charge in [0.2, 0.25) is 0 Å². The van der Waals surface area contributed by atoms with Crippen molar-refractivity contribution in [2.24, 2.45) is 11.8 Å². The van der Waals surface area contributed by atoms with Gasteiger partial charge in [-0.25, -0.2) is 9.37 Å². The smallest absolute Gasteiger partial charge is 0.257 e. The number of carbonyl (C=O) groups excluding carboxylic acids is 1. The summed E-state index contributed by atoms with van der Waals surface area (Å²) in [6.45, 7) is 8.27. The summed E-state index contributed by atoms with van der Waals surface area (Å²) >= 11 is 0. The first kappa shape index (κ1) is 13.8. The number of nitrogens with one attached hydrogen (secondary N) is 1. The second kappa shape index (κ2) is 5.55. The third kappa shape index (κ3) is 2.85. The van der Waals surface area contributed by atoms with Crippen LogP contribution < -0.4 is 5.32 Å². The van der Waals surface area contributed by atoms with Crippen LogP contribution >= 0.6 is 0 Å². The minimum atomic E-state index is -0.481. The van der Waals surface area contributed by atoms with Crippen LogP contribution in [0.15, 0.2) is 12.3 Å². The fraction of sp³-hybridized carbons (Fsp3) is 0.571. The highest BCUT2D eigenvalue weighted by atomic mass is 19.1. The lowest BCUT2D eigenvalue weighted by Crippen LogP contribution is -2.30. The molecular formula is C14H20FN3O. The lowest BCUT2D eigenvalue weighted by atomic mass is 10.0. The summed E-state index contributed by atoms with van der Waals surface area (Å²) in [4.78, 5) is 18.2. The monoisotopic (exact) mass is 265 g/mol. The zero-order valence-electron chi connectivity index (χ0n) is 11.6. The molecule has 2 rings (SSSR count). The van der Waals surface area contributed by atoms with Crippen molar-refractivity contribution in [3.05, 3.63) is 23.6 Å². The van der Waals surface area contributed by atoms with Gasteiger partial charge in [0.15, 0.2) is 0 Å². The van der Waals surface area contributed by atoms with Crippen LogP contribution in [-0.2, 0) is 0 Å². The minimum absolute atomic E-state index is 0.140. The van der Waals surface area contributed by atoms with E-state index in [9.17, 15) is 9.18 Å². The maximum atomic E-state index is 13.3. The maximum Gasteiger partial charge on any atom is 0.257 e. The van der Waals surface area contributed by atoms with Crippen LogP contribution in [0, 0.1) is 17.7 Å². The molecule has 1 aromatic rings. The van der Waals surface area contributed by atoms with Crippen LogP contribution in [0.4, 0.5) is 10.2 Å². The Morgan fingerprint density at radius 3 is 2.68 bits per heavy atom. The Labute approximate surface area is 113 Å². The molecule has 4 nitrogen and oxygen atoms in total. The first-order valence-corrected chi connectivity index (χ1v) is 6.71. The molecule has 104 valence electrons. The molecule has 1 saturated heterocycles. The van der Waals surface area contributed by atoms with Gasteiger partial charge < -0.3 is 10.2 Å². The Morgan fingerprint density at radius 1 is 1.47 bits per heavy atom. The molecular weight excluding hydrogens is 245 g/mol. The Kier molecular flexibility index (Phi) is 4.02. The van der Waals surface area contributed by atoms with Gasteiger partial charge in [0.25, 0.3) is 5.91 Å². The van der Waals surface area contributed by atoms with E-state index >= 15 is 0 Å². The van der Waals surface area contributed by atoms with E-state index in [0.717, 1.165) is 19.3 Å². The number of likely N-dealkylation sites (tertiary alicyclic amines) is 1. The third-order valence-corrected chi connectivity index (χ3v) is 3.70. The van der Waals surface area contributed by atoms with Gasteiger partial charge in [-0.05, 0) is 24.8 Å². The van der Waals surface area contributed by atoms with Gasteiger partial charge in [0.05, 0.1) is 11.8 Å². The van der Waals surface area contributed by atoms with E-state index in [1.807, 2.05) is 6.92 Å². The molecule has 0 radical (unpaired) electrons. The van der Waals surface area contributed by atoms with E-state index < -0.39 is 5.82 Å². The first-order chi connectivity index (χ1) is 9.02. The molecule has 2 unspecified atom stereocenters. The largest absolute Gasteiger partial charge is 0.370 e. The highest BCUT2D eigenvalue weighted by molar-refractivity contribution is 5.98. The molecule has 1 aliphatic heterocycles. The average molecular weight is 265 g/mol. The van der Waals surface area contributed by atoms with E-state index in [0.29, 0.717) is 29.8 Å². The summed E-state index contributed by atoms with van der Waals surface area (Å²) in [7, 11) is 0. The quantitative estimate of drug-likeness (QED) is 0.912. The van der Waals surface area contributed by atoms with E-state index in [1.165, 1.54) is 6.07 Å². The second-order valence-electron chi connectivity index (χ2n) is 5.24. The predicted molar refractivity (Wildman–Crippen MR) is 72.6 cm³/mol. The Morgan fingerprint density at radius 2 is 2.11 bits per heavy atom. The normalized spacial score (nSPS) is 22.6. The van der Waals surface area contributed by atoms with Crippen molar-refractivity contribution >= 4 is 11.7 Å². The third-order valence-electron chi connectivity index (χ3n) is 3.70. The molecule has 1 aliphatic rings. The molecule has 2 heterocycles. The molecule has 0 saturated carbocycles. The molecule has 1 N–H and O–H groups in total. The number of halogens is 1. The number of aromatic nitrogens is 1. The number of carbonyl (C=O) groups is 1. The van der Waals surface area contributed by atoms with Crippen molar-refractivity contribution in [3.63, 3.8) is 0 Å². The van der Waals surface area contributed by atoms with Crippen molar-refractivity contribution in [1.82, 2.24) is 9.88 Å². The molecule has 0 spiro atoms. The highest BCUT2D eigenvalue weighted by Gasteiger charge is 2.31. The zero-order chi connectivity index (χ0) is 14.0. The topological polar surface area (TPSA) is 45.2 Å². The molecule has 0 aliphatic carbocycles. The van der Waals surface area contributed by atoms with Gasteiger partial charge >= 0.3 is 0 Å². The summed E-state index contributed by atoms with van der Waals surface area (Å²) in [5, 5.41) is 3.00. The molecule has 2 atom stereocenters. The molecule has 19 heavy (non-hydrogen) atoms. The van der Waals surface area contributed by atoms with Gasteiger partial charge in [-0.3, -0.25) is 4.79 Å². The summed E-state index contributed by atoms with van der Waals surface area (Å²) < 4.78 is 13.3. The summed E-state index contributed by atoms with van der Waals surface area (Å²) in [5.74, 6) is 0.798. The second-order valence-corrected chi connectivity index (χ2v) is 5.24. The van der Waals surface area contributed by atoms with Crippen LogP contribution in [0.5, 0.6) is 0 Å². The van der Waals surface area contributed by atoms with Crippen LogP contribution in [-0.4, -0.2) is 35.4 Å².